The quantitative estimate of drug-likeness (QED) is 0.684. The van der Waals surface area contributed by atoms with E-state index < -0.39 is 12.0 Å². The third-order valence-corrected chi connectivity index (χ3v) is 2.03. The number of aromatic carboxylic acids is 1. The first kappa shape index (κ1) is 12.0. The van der Waals surface area contributed by atoms with Gasteiger partial charge in [-0.2, -0.15) is 0 Å². The van der Waals surface area contributed by atoms with Gasteiger partial charge in [0.05, 0.1) is 0 Å². The largest absolute Gasteiger partial charge is 0.478 e. The summed E-state index contributed by atoms with van der Waals surface area (Å²) in [6.07, 6.45) is 1.46. The predicted octanol–water partition coefficient (Wildman–Crippen LogP) is 0.326. The van der Waals surface area contributed by atoms with Gasteiger partial charge < -0.3 is 15.7 Å². The molecular weight excluding hydrogens is 210 g/mol. The smallest absolute Gasteiger partial charge is 0.339 e. The van der Waals surface area contributed by atoms with E-state index in [0.717, 1.165) is 0 Å². The zero-order chi connectivity index (χ0) is 12.1. The van der Waals surface area contributed by atoms with Crippen LogP contribution in [-0.4, -0.2) is 35.1 Å². The van der Waals surface area contributed by atoms with Gasteiger partial charge in [-0.15, -0.1) is 0 Å². The van der Waals surface area contributed by atoms with Crippen LogP contribution in [0.1, 0.15) is 17.3 Å². The van der Waals surface area contributed by atoms with E-state index in [1.165, 1.54) is 25.4 Å². The predicted molar refractivity (Wildman–Crippen MR) is 58.3 cm³/mol. The van der Waals surface area contributed by atoms with Crippen molar-refractivity contribution in [2.45, 2.75) is 13.0 Å². The Morgan fingerprint density at radius 2 is 2.19 bits per heavy atom. The van der Waals surface area contributed by atoms with Crippen LogP contribution in [-0.2, 0) is 4.79 Å². The molecule has 1 amide bonds. The summed E-state index contributed by atoms with van der Waals surface area (Å²) in [5.41, 5.74) is 0.0400. The number of likely N-dealkylation sites (N-methyl/N-ethyl adjacent to an activating group) is 1. The molecule has 0 spiro atoms. The lowest BCUT2D eigenvalue weighted by atomic mass is 10.2. The van der Waals surface area contributed by atoms with E-state index in [1.54, 1.807) is 6.92 Å². The molecule has 16 heavy (non-hydrogen) atoms. The van der Waals surface area contributed by atoms with Crippen LogP contribution in [0.2, 0.25) is 0 Å². The number of nitrogens with one attached hydrogen (secondary N) is 2. The van der Waals surface area contributed by atoms with E-state index in [2.05, 4.69) is 15.6 Å². The average molecular weight is 223 g/mol. The molecule has 1 aromatic rings. The van der Waals surface area contributed by atoms with E-state index >= 15 is 0 Å². The van der Waals surface area contributed by atoms with Crippen molar-refractivity contribution in [2.24, 2.45) is 0 Å². The lowest BCUT2D eigenvalue weighted by Gasteiger charge is -2.14. The van der Waals surface area contributed by atoms with E-state index in [-0.39, 0.29) is 17.3 Å². The van der Waals surface area contributed by atoms with Crippen molar-refractivity contribution in [1.29, 1.82) is 0 Å². The third kappa shape index (κ3) is 2.69. The number of hydrogen-bond acceptors (Lipinski definition) is 4. The second-order valence-electron chi connectivity index (χ2n) is 3.18. The molecule has 0 radical (unpaired) electrons. The Bertz CT molecular complexity index is 406. The Morgan fingerprint density at radius 1 is 1.50 bits per heavy atom. The van der Waals surface area contributed by atoms with Crippen molar-refractivity contribution >= 4 is 17.7 Å². The molecule has 0 aliphatic carbocycles. The fourth-order valence-corrected chi connectivity index (χ4v) is 1.18. The Kier molecular flexibility index (Phi) is 3.82. The molecule has 0 bridgehead atoms. The molecule has 86 valence electrons. The van der Waals surface area contributed by atoms with Crippen LogP contribution in [0, 0.1) is 0 Å². The van der Waals surface area contributed by atoms with Crippen LogP contribution in [0.25, 0.3) is 0 Å². The lowest BCUT2D eigenvalue weighted by molar-refractivity contribution is -0.121. The molecule has 1 atom stereocenters. The minimum absolute atomic E-state index is 0.0400. The van der Waals surface area contributed by atoms with Crippen LogP contribution < -0.4 is 10.6 Å². The number of hydrogen-bond donors (Lipinski definition) is 3. The molecule has 0 saturated carbocycles. The molecule has 1 unspecified atom stereocenters. The number of carboxylic acids is 1. The fraction of sp³-hybridized carbons (Fsp3) is 0.300. The van der Waals surface area contributed by atoms with Gasteiger partial charge in [0, 0.05) is 13.2 Å². The minimum Gasteiger partial charge on any atom is -0.478 e. The van der Waals surface area contributed by atoms with Crippen LogP contribution in [0.5, 0.6) is 0 Å². The summed E-state index contributed by atoms with van der Waals surface area (Å²) < 4.78 is 0. The number of anilines is 1. The maximum absolute atomic E-state index is 11.2. The summed E-state index contributed by atoms with van der Waals surface area (Å²) in [5.74, 6) is -1.13. The van der Waals surface area contributed by atoms with Crippen LogP contribution >= 0.6 is 0 Å². The van der Waals surface area contributed by atoms with Gasteiger partial charge in [-0.3, -0.25) is 4.79 Å². The number of carbonyl (C=O) groups is 2. The topological polar surface area (TPSA) is 91.3 Å². The first-order chi connectivity index (χ1) is 7.56. The van der Waals surface area contributed by atoms with E-state index in [1.807, 2.05) is 0 Å². The van der Waals surface area contributed by atoms with Gasteiger partial charge in [-0.05, 0) is 19.1 Å². The maximum Gasteiger partial charge on any atom is 0.339 e. The van der Waals surface area contributed by atoms with Gasteiger partial charge in [0.2, 0.25) is 5.91 Å². The molecular formula is C10H13N3O3. The minimum atomic E-state index is -1.08. The highest BCUT2D eigenvalue weighted by molar-refractivity contribution is 5.94. The summed E-state index contributed by atoms with van der Waals surface area (Å²) >= 11 is 0. The van der Waals surface area contributed by atoms with Gasteiger partial charge in [0.15, 0.2) is 0 Å². The van der Waals surface area contributed by atoms with Crippen LogP contribution in [0.3, 0.4) is 0 Å². The van der Waals surface area contributed by atoms with Gasteiger partial charge in [0.1, 0.15) is 17.4 Å². The molecule has 0 saturated heterocycles. The standard InChI is InChI=1S/C10H13N3O3/c1-6(9(14)11-2)13-8-7(10(15)16)4-3-5-12-8/h3-6H,1-2H3,(H,11,14)(H,12,13)(H,15,16). The Labute approximate surface area is 92.7 Å². The first-order valence-electron chi connectivity index (χ1n) is 4.72. The Balaban J connectivity index is 2.88. The SMILES string of the molecule is CNC(=O)C(C)Nc1ncccc1C(=O)O. The van der Waals surface area contributed by atoms with Gasteiger partial charge >= 0.3 is 5.97 Å². The second-order valence-corrected chi connectivity index (χ2v) is 3.18. The van der Waals surface area contributed by atoms with E-state index in [4.69, 9.17) is 5.11 Å². The molecule has 6 nitrogen and oxygen atoms in total. The van der Waals surface area contributed by atoms with E-state index in [0.29, 0.717) is 0 Å². The summed E-state index contributed by atoms with van der Waals surface area (Å²) in [5, 5.41) is 14.1. The number of amides is 1. The lowest BCUT2D eigenvalue weighted by Crippen LogP contribution is -2.35. The Morgan fingerprint density at radius 3 is 2.75 bits per heavy atom. The number of pyridine rings is 1. The number of carbonyl (C=O) groups excluding carboxylic acids is 1. The monoisotopic (exact) mass is 223 g/mol. The highest BCUT2D eigenvalue weighted by atomic mass is 16.4. The van der Waals surface area contributed by atoms with Gasteiger partial charge in [-0.1, -0.05) is 0 Å². The number of carboxylic acid groups (broad SMARTS) is 1. The fourth-order valence-electron chi connectivity index (χ4n) is 1.18. The molecule has 3 N–H and O–H groups in total. The highest BCUT2D eigenvalue weighted by Gasteiger charge is 2.16. The van der Waals surface area contributed by atoms with Crippen molar-refractivity contribution in [1.82, 2.24) is 10.3 Å². The third-order valence-electron chi connectivity index (χ3n) is 2.03. The molecule has 0 fully saturated rings. The van der Waals surface area contributed by atoms with Crippen molar-refractivity contribution in [3.05, 3.63) is 23.9 Å². The van der Waals surface area contributed by atoms with Crippen molar-refractivity contribution in [2.75, 3.05) is 12.4 Å². The molecule has 0 aliphatic heterocycles. The number of nitrogens with zero attached hydrogens (tertiary/aromatic N) is 1. The van der Waals surface area contributed by atoms with Gasteiger partial charge in [0.25, 0.3) is 0 Å². The van der Waals surface area contributed by atoms with E-state index in [9.17, 15) is 9.59 Å². The molecule has 1 aromatic heterocycles. The molecule has 6 heteroatoms. The Hall–Kier alpha value is -2.11. The average Bonchev–Trinajstić information content (AvgIpc) is 2.28. The number of rotatable bonds is 4. The first-order valence-corrected chi connectivity index (χ1v) is 4.72. The van der Waals surface area contributed by atoms with Gasteiger partial charge in [-0.25, -0.2) is 9.78 Å². The van der Waals surface area contributed by atoms with Crippen molar-refractivity contribution < 1.29 is 14.7 Å². The van der Waals surface area contributed by atoms with Crippen LogP contribution in [0.4, 0.5) is 5.82 Å². The molecule has 0 aromatic carbocycles. The normalized spacial score (nSPS) is 11.6. The second kappa shape index (κ2) is 5.11. The summed E-state index contributed by atoms with van der Waals surface area (Å²) in [4.78, 5) is 26.0. The van der Waals surface area contributed by atoms with Crippen molar-refractivity contribution in [3.8, 4) is 0 Å². The van der Waals surface area contributed by atoms with Crippen molar-refractivity contribution in [3.63, 3.8) is 0 Å². The zero-order valence-corrected chi connectivity index (χ0v) is 9.02. The number of aromatic nitrogens is 1. The van der Waals surface area contributed by atoms with Crippen LogP contribution in [0.15, 0.2) is 18.3 Å². The maximum atomic E-state index is 11.2. The summed E-state index contributed by atoms with van der Waals surface area (Å²) in [7, 11) is 1.51. The summed E-state index contributed by atoms with van der Waals surface area (Å²) in [6.45, 7) is 1.62. The molecule has 1 heterocycles. The molecule has 1 rings (SSSR count). The molecule has 0 aliphatic rings. The zero-order valence-electron chi connectivity index (χ0n) is 9.02. The summed E-state index contributed by atoms with van der Waals surface area (Å²) in [6, 6.07) is 2.41. The highest BCUT2D eigenvalue weighted by Crippen LogP contribution is 2.12.